The first-order valence-corrected chi connectivity index (χ1v) is 7.40. The van der Waals surface area contributed by atoms with E-state index in [0.29, 0.717) is 24.0 Å². The number of thiocarbonyl (C=S) groups is 1. The normalized spacial score (nSPS) is 13.4. The molecule has 0 bridgehead atoms. The van der Waals surface area contributed by atoms with Crippen LogP contribution < -0.4 is 16.2 Å². The van der Waals surface area contributed by atoms with Gasteiger partial charge in [-0.15, -0.1) is 6.58 Å². The van der Waals surface area contributed by atoms with Gasteiger partial charge in [0.1, 0.15) is 0 Å². The van der Waals surface area contributed by atoms with Crippen molar-refractivity contribution >= 4 is 23.2 Å². The molecule has 5 nitrogen and oxygen atoms in total. The second-order valence-electron chi connectivity index (χ2n) is 5.37. The number of carbonyl (C=O) groups excluding carboxylic acids is 1. The predicted octanol–water partition coefficient (Wildman–Crippen LogP) is 1.49. The van der Waals surface area contributed by atoms with Gasteiger partial charge in [-0.1, -0.05) is 26.3 Å². The van der Waals surface area contributed by atoms with Crippen molar-refractivity contribution in [2.45, 2.75) is 46.1 Å². The molecule has 0 spiro atoms. The minimum atomic E-state index is -0.497. The van der Waals surface area contributed by atoms with E-state index in [2.05, 4.69) is 36.6 Å². The smallest absolute Gasteiger partial charge is 0.241 e. The number of rotatable bonds is 8. The summed E-state index contributed by atoms with van der Waals surface area (Å²) in [6, 6.07) is 0. The summed E-state index contributed by atoms with van der Waals surface area (Å²) in [6.07, 6.45) is 3.33. The minimum absolute atomic E-state index is 0.144. The maximum absolute atomic E-state index is 12.1. The maximum Gasteiger partial charge on any atom is 0.241 e. The van der Waals surface area contributed by atoms with E-state index in [1.807, 2.05) is 0 Å². The highest BCUT2D eigenvalue weighted by atomic mass is 32.1. The molecule has 0 fully saturated rings. The zero-order valence-electron chi connectivity index (χ0n) is 12.6. The van der Waals surface area contributed by atoms with Crippen LogP contribution in [0.2, 0.25) is 0 Å². The number of hydrogen-bond donors (Lipinski definition) is 4. The summed E-state index contributed by atoms with van der Waals surface area (Å²) in [5.41, 5.74) is 5.23. The summed E-state index contributed by atoms with van der Waals surface area (Å²) < 4.78 is 0. The summed E-state index contributed by atoms with van der Waals surface area (Å²) >= 11 is 4.98. The molecule has 6 heteroatoms. The largest absolute Gasteiger partial charge is 0.393 e. The number of aliphatic hydroxyl groups is 1. The Morgan fingerprint density at radius 1 is 1.30 bits per heavy atom. The Kier molecular flexibility index (Phi) is 10.0. The molecule has 0 aromatic carbocycles. The Morgan fingerprint density at radius 2 is 1.95 bits per heavy atom. The van der Waals surface area contributed by atoms with Gasteiger partial charge in [0.15, 0.2) is 5.11 Å². The molecule has 0 aromatic heterocycles. The molecular weight excluding hydrogens is 274 g/mol. The van der Waals surface area contributed by atoms with E-state index < -0.39 is 6.10 Å². The van der Waals surface area contributed by atoms with Crippen molar-refractivity contribution in [2.75, 3.05) is 6.54 Å². The highest BCUT2D eigenvalue weighted by Crippen LogP contribution is 2.17. The number of aliphatic hydroxyl groups excluding tert-OH is 1. The van der Waals surface area contributed by atoms with Gasteiger partial charge in [0.05, 0.1) is 6.10 Å². The van der Waals surface area contributed by atoms with Crippen LogP contribution >= 0.6 is 12.2 Å². The van der Waals surface area contributed by atoms with Crippen molar-refractivity contribution in [3.05, 3.63) is 12.7 Å². The van der Waals surface area contributed by atoms with E-state index in [9.17, 15) is 9.90 Å². The van der Waals surface area contributed by atoms with Crippen LogP contribution in [0.3, 0.4) is 0 Å². The van der Waals surface area contributed by atoms with E-state index in [1.165, 1.54) is 0 Å². The summed E-state index contributed by atoms with van der Waals surface area (Å²) in [5, 5.41) is 12.7. The van der Waals surface area contributed by atoms with E-state index >= 15 is 0 Å². The third-order valence-corrected chi connectivity index (χ3v) is 3.04. The van der Waals surface area contributed by atoms with Crippen LogP contribution in [0.25, 0.3) is 0 Å². The molecular formula is C14H27N3O2S. The molecule has 0 aromatic rings. The fraction of sp³-hybridized carbons (Fsp3) is 0.714. The van der Waals surface area contributed by atoms with Crippen LogP contribution in [-0.4, -0.2) is 28.8 Å². The van der Waals surface area contributed by atoms with Gasteiger partial charge in [0, 0.05) is 12.5 Å². The third kappa shape index (κ3) is 9.75. The summed E-state index contributed by atoms with van der Waals surface area (Å²) in [5.74, 6) is 0.170. The standard InChI is InChI=1S/C14H27N3O2S/c1-5-8-15-14(20)17-16-13(19)12(9-11(4)18)7-6-10(2)3/h5,10-12,18H,1,6-9H2,2-4H3,(H,16,19)(H2,15,17,20)/t11-,12+/m0/s1. The van der Waals surface area contributed by atoms with Crippen LogP contribution in [0, 0.1) is 11.8 Å². The zero-order chi connectivity index (χ0) is 15.5. The quantitative estimate of drug-likeness (QED) is 0.311. The second-order valence-corrected chi connectivity index (χ2v) is 5.77. The average Bonchev–Trinajstić information content (AvgIpc) is 2.37. The van der Waals surface area contributed by atoms with Gasteiger partial charge >= 0.3 is 0 Å². The highest BCUT2D eigenvalue weighted by Gasteiger charge is 2.20. The van der Waals surface area contributed by atoms with E-state index in [1.54, 1.807) is 13.0 Å². The second kappa shape index (κ2) is 10.6. The minimum Gasteiger partial charge on any atom is -0.393 e. The van der Waals surface area contributed by atoms with Gasteiger partial charge in [-0.3, -0.25) is 15.6 Å². The molecule has 0 saturated heterocycles. The van der Waals surface area contributed by atoms with Crippen molar-refractivity contribution in [3.63, 3.8) is 0 Å². The van der Waals surface area contributed by atoms with Crippen LogP contribution in [0.15, 0.2) is 12.7 Å². The fourth-order valence-corrected chi connectivity index (χ4v) is 1.87. The van der Waals surface area contributed by atoms with Crippen LogP contribution in [0.4, 0.5) is 0 Å². The Labute approximate surface area is 127 Å². The van der Waals surface area contributed by atoms with Crippen molar-refractivity contribution in [1.29, 1.82) is 0 Å². The Bertz CT molecular complexity index is 320. The maximum atomic E-state index is 12.1. The molecule has 0 rings (SSSR count). The fourth-order valence-electron chi connectivity index (χ4n) is 1.73. The number of carbonyl (C=O) groups is 1. The van der Waals surface area contributed by atoms with Gasteiger partial charge in [-0.05, 0) is 37.9 Å². The Hall–Kier alpha value is -1.14. The van der Waals surface area contributed by atoms with Gasteiger partial charge in [0.2, 0.25) is 5.91 Å². The van der Waals surface area contributed by atoms with Crippen molar-refractivity contribution in [3.8, 4) is 0 Å². The zero-order valence-corrected chi connectivity index (χ0v) is 13.4. The van der Waals surface area contributed by atoms with Crippen LogP contribution in [0.5, 0.6) is 0 Å². The lowest BCUT2D eigenvalue weighted by atomic mass is 9.92. The third-order valence-electron chi connectivity index (χ3n) is 2.80. The Morgan fingerprint density at radius 3 is 2.45 bits per heavy atom. The SMILES string of the molecule is C=CCNC(=S)NNC(=O)[C@H](CCC(C)C)C[C@H](C)O. The lowest BCUT2D eigenvalue weighted by Gasteiger charge is -2.20. The van der Waals surface area contributed by atoms with E-state index in [0.717, 1.165) is 12.8 Å². The number of hydrogen-bond acceptors (Lipinski definition) is 3. The number of amides is 1. The van der Waals surface area contributed by atoms with Crippen molar-refractivity contribution in [2.24, 2.45) is 11.8 Å². The topological polar surface area (TPSA) is 73.4 Å². The molecule has 1 amide bonds. The van der Waals surface area contributed by atoms with Crippen molar-refractivity contribution < 1.29 is 9.90 Å². The van der Waals surface area contributed by atoms with Crippen LogP contribution in [0.1, 0.15) is 40.0 Å². The lowest BCUT2D eigenvalue weighted by Crippen LogP contribution is -2.49. The average molecular weight is 301 g/mol. The molecule has 2 atom stereocenters. The molecule has 116 valence electrons. The monoisotopic (exact) mass is 301 g/mol. The van der Waals surface area contributed by atoms with E-state index in [-0.39, 0.29) is 11.8 Å². The van der Waals surface area contributed by atoms with Gasteiger partial charge in [-0.2, -0.15) is 0 Å². The molecule has 0 radical (unpaired) electrons. The van der Waals surface area contributed by atoms with Gasteiger partial charge < -0.3 is 10.4 Å². The number of nitrogens with one attached hydrogen (secondary N) is 3. The predicted molar refractivity (Wildman–Crippen MR) is 85.9 cm³/mol. The first-order valence-electron chi connectivity index (χ1n) is 6.99. The van der Waals surface area contributed by atoms with Gasteiger partial charge in [-0.25, -0.2) is 0 Å². The molecule has 20 heavy (non-hydrogen) atoms. The van der Waals surface area contributed by atoms with Gasteiger partial charge in [0.25, 0.3) is 0 Å². The van der Waals surface area contributed by atoms with E-state index in [4.69, 9.17) is 12.2 Å². The highest BCUT2D eigenvalue weighted by molar-refractivity contribution is 7.80. The first-order chi connectivity index (χ1) is 9.36. The van der Waals surface area contributed by atoms with Crippen LogP contribution in [-0.2, 0) is 4.79 Å². The molecule has 0 aliphatic carbocycles. The summed E-state index contributed by atoms with van der Waals surface area (Å²) in [4.78, 5) is 12.1. The molecule has 0 aliphatic rings. The lowest BCUT2D eigenvalue weighted by molar-refractivity contribution is -0.126. The summed E-state index contributed by atoms with van der Waals surface area (Å²) in [7, 11) is 0. The number of hydrazine groups is 1. The molecule has 4 N–H and O–H groups in total. The first kappa shape index (κ1) is 18.9. The van der Waals surface area contributed by atoms with Crippen molar-refractivity contribution in [1.82, 2.24) is 16.2 Å². The molecule has 0 aliphatic heterocycles. The summed E-state index contributed by atoms with van der Waals surface area (Å²) in [6.45, 7) is 10.0. The Balaban J connectivity index is 4.24. The molecule has 0 saturated carbocycles. The molecule has 0 unspecified atom stereocenters. The molecule has 0 heterocycles.